The molecule has 0 saturated heterocycles. The average molecular weight is 608 g/mol. The summed E-state index contributed by atoms with van der Waals surface area (Å²) in [6.45, 7) is 6.40. The zero-order valence-corrected chi connectivity index (χ0v) is 25.0. The van der Waals surface area contributed by atoms with Gasteiger partial charge in [0.2, 0.25) is 0 Å². The van der Waals surface area contributed by atoms with Gasteiger partial charge in [-0.1, -0.05) is 51.1 Å². The number of alkyl halides is 3. The van der Waals surface area contributed by atoms with E-state index in [4.69, 9.17) is 0 Å². The summed E-state index contributed by atoms with van der Waals surface area (Å²) >= 11 is 0. The van der Waals surface area contributed by atoms with Gasteiger partial charge in [-0.3, -0.25) is 4.79 Å². The molecule has 0 spiro atoms. The van der Waals surface area contributed by atoms with Crippen LogP contribution in [0.15, 0.2) is 47.4 Å². The normalized spacial score (nSPS) is 15.9. The third-order valence-electron chi connectivity index (χ3n) is 7.49. The van der Waals surface area contributed by atoms with Crippen LogP contribution in [0.4, 0.5) is 13.2 Å². The standard InChI is InChI=1S/C30H36F3N3O5S/c1-17-25(27(39)34-23(16-37)18-11-13-21(14-12-18)42(5,40)41)35-28(29(2,3)4)36(17)15-20-7-6-8-22(24(20)30(31,32)33)26(38)19-9-10-19/h6-8,11-14,19,23,26,37-38H,9-10,15-16H2,1-5H3,(H,34,39)/t23-,26?/m0/s1. The second kappa shape index (κ2) is 11.5. The number of hydrogen-bond acceptors (Lipinski definition) is 6. The first kappa shape index (κ1) is 31.7. The molecule has 8 nitrogen and oxygen atoms in total. The molecule has 4 rings (SSSR count). The topological polar surface area (TPSA) is 122 Å². The maximum absolute atomic E-state index is 14.4. The van der Waals surface area contributed by atoms with Gasteiger partial charge in [0.05, 0.1) is 29.2 Å². The van der Waals surface area contributed by atoms with Crippen molar-refractivity contribution in [2.75, 3.05) is 12.9 Å². The minimum atomic E-state index is -4.71. The second-order valence-electron chi connectivity index (χ2n) is 11.9. The summed E-state index contributed by atoms with van der Waals surface area (Å²) in [5.41, 5.74) is -0.921. The molecule has 2 aromatic carbocycles. The first-order chi connectivity index (χ1) is 19.4. The molecule has 1 amide bonds. The van der Waals surface area contributed by atoms with E-state index in [1.165, 1.54) is 42.5 Å². The molecule has 1 fully saturated rings. The highest BCUT2D eigenvalue weighted by Gasteiger charge is 2.41. The third kappa shape index (κ3) is 6.71. The monoisotopic (exact) mass is 607 g/mol. The number of aliphatic hydroxyl groups excluding tert-OH is 2. The quantitative estimate of drug-likeness (QED) is 0.319. The predicted octanol–water partition coefficient (Wildman–Crippen LogP) is 4.87. The van der Waals surface area contributed by atoms with Crippen molar-refractivity contribution in [1.29, 1.82) is 0 Å². The number of sulfone groups is 1. The van der Waals surface area contributed by atoms with Crippen LogP contribution in [-0.4, -0.2) is 47.0 Å². The number of nitrogens with one attached hydrogen (secondary N) is 1. The molecule has 0 radical (unpaired) electrons. The lowest BCUT2D eigenvalue weighted by molar-refractivity contribution is -0.140. The van der Waals surface area contributed by atoms with Crippen LogP contribution in [0.2, 0.25) is 0 Å². The Balaban J connectivity index is 1.71. The summed E-state index contributed by atoms with van der Waals surface area (Å²) in [5, 5.41) is 23.3. The van der Waals surface area contributed by atoms with Crippen molar-refractivity contribution >= 4 is 15.7 Å². The van der Waals surface area contributed by atoms with Crippen LogP contribution in [0.3, 0.4) is 0 Å². The van der Waals surface area contributed by atoms with Crippen LogP contribution in [-0.2, 0) is 28.0 Å². The molecule has 1 aliphatic rings. The minimum absolute atomic E-state index is 0.00569. The van der Waals surface area contributed by atoms with Crippen molar-refractivity contribution in [3.8, 4) is 0 Å². The molecular formula is C30H36F3N3O5S. The van der Waals surface area contributed by atoms with E-state index < -0.39 is 51.7 Å². The van der Waals surface area contributed by atoms with E-state index in [2.05, 4.69) is 10.3 Å². The van der Waals surface area contributed by atoms with Gasteiger partial charge in [-0.25, -0.2) is 13.4 Å². The van der Waals surface area contributed by atoms with Crippen LogP contribution < -0.4 is 5.32 Å². The molecule has 1 unspecified atom stereocenters. The Bertz CT molecular complexity index is 1570. The molecule has 1 saturated carbocycles. The number of aliphatic hydroxyl groups is 2. The molecule has 1 aliphatic carbocycles. The van der Waals surface area contributed by atoms with Crippen LogP contribution in [0.5, 0.6) is 0 Å². The van der Waals surface area contributed by atoms with Gasteiger partial charge in [0.15, 0.2) is 9.84 Å². The first-order valence-electron chi connectivity index (χ1n) is 13.6. The fourth-order valence-corrected chi connectivity index (χ4v) is 5.73. The Morgan fingerprint density at radius 1 is 1.12 bits per heavy atom. The number of aromatic nitrogens is 2. The SMILES string of the molecule is Cc1c(C(=O)N[C@@H](CO)c2ccc(S(C)(=O)=O)cc2)nc(C(C)(C)C)n1Cc1cccc(C(O)C2CC2)c1C(F)(F)F. The van der Waals surface area contributed by atoms with E-state index in [-0.39, 0.29) is 34.2 Å². The van der Waals surface area contributed by atoms with E-state index in [9.17, 15) is 36.6 Å². The summed E-state index contributed by atoms with van der Waals surface area (Å²) in [4.78, 5) is 18.1. The molecule has 1 aromatic heterocycles. The van der Waals surface area contributed by atoms with Crippen molar-refractivity contribution in [3.05, 3.63) is 81.9 Å². The Hall–Kier alpha value is -3.22. The van der Waals surface area contributed by atoms with Crippen LogP contribution in [0.25, 0.3) is 0 Å². The molecular weight excluding hydrogens is 571 g/mol. The molecule has 12 heteroatoms. The van der Waals surface area contributed by atoms with E-state index in [1.807, 2.05) is 20.8 Å². The fraction of sp³-hybridized carbons (Fsp3) is 0.467. The first-order valence-corrected chi connectivity index (χ1v) is 15.5. The average Bonchev–Trinajstić information content (AvgIpc) is 3.69. The Kier molecular flexibility index (Phi) is 8.65. The number of nitrogens with zero attached hydrogens (tertiary/aromatic N) is 2. The molecule has 228 valence electrons. The Morgan fingerprint density at radius 2 is 1.74 bits per heavy atom. The largest absolute Gasteiger partial charge is 0.417 e. The number of amides is 1. The lowest BCUT2D eigenvalue weighted by atomic mass is 9.93. The highest BCUT2D eigenvalue weighted by Crippen LogP contribution is 2.46. The van der Waals surface area contributed by atoms with Gasteiger partial charge in [0, 0.05) is 23.9 Å². The van der Waals surface area contributed by atoms with Crippen molar-refractivity contribution in [2.24, 2.45) is 5.92 Å². The fourth-order valence-electron chi connectivity index (χ4n) is 5.10. The van der Waals surface area contributed by atoms with Gasteiger partial charge in [-0.05, 0) is 54.5 Å². The molecule has 3 N–H and O–H groups in total. The zero-order valence-electron chi connectivity index (χ0n) is 24.2. The lowest BCUT2D eigenvalue weighted by Gasteiger charge is -2.24. The summed E-state index contributed by atoms with van der Waals surface area (Å²) in [7, 11) is -3.43. The van der Waals surface area contributed by atoms with E-state index in [0.717, 1.165) is 6.26 Å². The molecule has 3 aromatic rings. The van der Waals surface area contributed by atoms with Crippen LogP contribution >= 0.6 is 0 Å². The van der Waals surface area contributed by atoms with E-state index in [0.29, 0.717) is 29.9 Å². The van der Waals surface area contributed by atoms with Crippen molar-refractivity contribution in [2.45, 2.75) is 75.7 Å². The Morgan fingerprint density at radius 3 is 2.24 bits per heavy atom. The molecule has 0 aliphatic heterocycles. The van der Waals surface area contributed by atoms with Gasteiger partial charge in [-0.2, -0.15) is 13.2 Å². The van der Waals surface area contributed by atoms with Crippen LogP contribution in [0.1, 0.15) is 90.0 Å². The number of carbonyl (C=O) groups is 1. The van der Waals surface area contributed by atoms with Crippen molar-refractivity contribution < 1.29 is 36.6 Å². The summed E-state index contributed by atoms with van der Waals surface area (Å²) in [5.74, 6) is -0.444. The van der Waals surface area contributed by atoms with E-state index in [1.54, 1.807) is 11.5 Å². The number of halogens is 3. The van der Waals surface area contributed by atoms with Crippen molar-refractivity contribution in [3.63, 3.8) is 0 Å². The summed E-state index contributed by atoms with van der Waals surface area (Å²) in [6, 6.07) is 9.05. The summed E-state index contributed by atoms with van der Waals surface area (Å²) in [6.07, 6.45) is -3.50. The minimum Gasteiger partial charge on any atom is -0.394 e. The van der Waals surface area contributed by atoms with E-state index >= 15 is 0 Å². The number of imidazole rings is 1. The number of benzene rings is 2. The van der Waals surface area contributed by atoms with Gasteiger partial charge in [0.1, 0.15) is 11.5 Å². The smallest absolute Gasteiger partial charge is 0.394 e. The van der Waals surface area contributed by atoms with Gasteiger partial charge < -0.3 is 20.1 Å². The molecule has 42 heavy (non-hydrogen) atoms. The Labute approximate surface area is 243 Å². The molecule has 1 heterocycles. The number of carbonyl (C=O) groups excluding carboxylic acids is 1. The summed E-state index contributed by atoms with van der Waals surface area (Å²) < 4.78 is 68.4. The number of rotatable bonds is 9. The second-order valence-corrected chi connectivity index (χ2v) is 13.9. The van der Waals surface area contributed by atoms with Gasteiger partial charge in [0.25, 0.3) is 5.91 Å². The highest BCUT2D eigenvalue weighted by atomic mass is 32.2. The maximum atomic E-state index is 14.4. The molecule has 0 bridgehead atoms. The van der Waals surface area contributed by atoms with Gasteiger partial charge >= 0.3 is 6.18 Å². The zero-order chi connectivity index (χ0) is 31.2. The lowest BCUT2D eigenvalue weighted by Crippen LogP contribution is -2.31. The van der Waals surface area contributed by atoms with Crippen LogP contribution in [0, 0.1) is 12.8 Å². The predicted molar refractivity (Wildman–Crippen MR) is 151 cm³/mol. The van der Waals surface area contributed by atoms with Crippen molar-refractivity contribution in [1.82, 2.24) is 14.9 Å². The molecule has 2 atom stereocenters. The van der Waals surface area contributed by atoms with Gasteiger partial charge in [-0.15, -0.1) is 0 Å². The maximum Gasteiger partial charge on any atom is 0.417 e. The highest BCUT2D eigenvalue weighted by molar-refractivity contribution is 7.90. The number of hydrogen-bond donors (Lipinski definition) is 3. The third-order valence-corrected chi connectivity index (χ3v) is 8.62.